The molecule has 1 saturated carbocycles. The van der Waals surface area contributed by atoms with Crippen LogP contribution in [0.5, 0.6) is 0 Å². The monoisotopic (exact) mass is 491 g/mol. The predicted molar refractivity (Wildman–Crippen MR) is 113 cm³/mol. The van der Waals surface area contributed by atoms with Crippen molar-refractivity contribution in [3.8, 4) is 0 Å². The Morgan fingerprint density at radius 2 is 1.88 bits per heavy atom. The lowest BCUT2D eigenvalue weighted by atomic mass is 9.86. The van der Waals surface area contributed by atoms with Crippen LogP contribution in [0.1, 0.15) is 59.0 Å². The number of benzene rings is 1. The fourth-order valence-electron chi connectivity index (χ4n) is 3.78. The van der Waals surface area contributed by atoms with Gasteiger partial charge < -0.3 is 10.1 Å². The van der Waals surface area contributed by atoms with Crippen molar-refractivity contribution in [2.75, 3.05) is 6.61 Å². The second kappa shape index (κ2) is 10.1. The van der Waals surface area contributed by atoms with Gasteiger partial charge in [-0.15, -0.1) is 0 Å². The molecule has 0 atom stereocenters. The molecule has 0 radical (unpaired) electrons. The molecule has 174 valence electrons. The Labute approximate surface area is 193 Å². The van der Waals surface area contributed by atoms with Crippen molar-refractivity contribution in [2.24, 2.45) is 5.92 Å². The first-order chi connectivity index (χ1) is 15.1. The molecule has 3 rings (SSSR count). The van der Waals surface area contributed by atoms with Crippen molar-refractivity contribution >= 4 is 35.1 Å². The molecule has 32 heavy (non-hydrogen) atoms. The molecule has 0 spiro atoms. The summed E-state index contributed by atoms with van der Waals surface area (Å²) in [5.41, 5.74) is -0.914. The number of halogens is 5. The number of aromatic nitrogens is 2. The fraction of sp³-hybridized carbons (Fsp3) is 0.476. The van der Waals surface area contributed by atoms with Crippen LogP contribution in [-0.2, 0) is 17.5 Å². The molecule has 1 N–H and O–H groups in total. The number of nitrogens with zero attached hydrogens (tertiary/aromatic N) is 2. The highest BCUT2D eigenvalue weighted by Crippen LogP contribution is 2.32. The summed E-state index contributed by atoms with van der Waals surface area (Å²) in [5, 5.41) is 7.14. The number of carbonyl (C=O) groups excluding carboxylic acids is 2. The maximum absolute atomic E-state index is 12.9. The van der Waals surface area contributed by atoms with Crippen LogP contribution in [-0.4, -0.2) is 34.3 Å². The first-order valence-electron chi connectivity index (χ1n) is 10.2. The molecular weight excluding hydrogens is 470 g/mol. The van der Waals surface area contributed by atoms with Crippen LogP contribution in [0.4, 0.5) is 13.2 Å². The number of carbonyl (C=O) groups is 2. The standard InChI is InChI=1S/C21H22Cl2F3N3O3/c1-2-32-20(31)18-17(23)10-27-29(18)11-12-3-6-14(7-4-12)28-19(30)15-9-13(21(24,25)26)5-8-16(15)22/h5,8-10,12,14H,2-4,6-7,11H2,1H3,(H,28,30). The Morgan fingerprint density at radius 3 is 2.50 bits per heavy atom. The lowest BCUT2D eigenvalue weighted by molar-refractivity contribution is -0.137. The van der Waals surface area contributed by atoms with Crippen LogP contribution >= 0.6 is 23.2 Å². The number of rotatable bonds is 6. The van der Waals surface area contributed by atoms with Gasteiger partial charge in [0, 0.05) is 12.6 Å². The fourth-order valence-corrected chi connectivity index (χ4v) is 4.20. The van der Waals surface area contributed by atoms with Gasteiger partial charge in [-0.25, -0.2) is 4.79 Å². The van der Waals surface area contributed by atoms with Gasteiger partial charge in [-0.05, 0) is 56.7 Å². The van der Waals surface area contributed by atoms with Gasteiger partial charge >= 0.3 is 12.1 Å². The zero-order chi connectivity index (χ0) is 23.5. The second-order valence-electron chi connectivity index (χ2n) is 7.63. The smallest absolute Gasteiger partial charge is 0.416 e. The summed E-state index contributed by atoms with van der Waals surface area (Å²) >= 11 is 12.0. The molecule has 0 unspecified atom stereocenters. The van der Waals surface area contributed by atoms with Crippen LogP contribution in [0.2, 0.25) is 10.0 Å². The molecule has 1 aliphatic rings. The average Bonchev–Trinajstić information content (AvgIpc) is 3.09. The topological polar surface area (TPSA) is 73.2 Å². The van der Waals surface area contributed by atoms with E-state index in [1.807, 2.05) is 0 Å². The normalized spacial score (nSPS) is 18.9. The maximum atomic E-state index is 12.9. The average molecular weight is 492 g/mol. The summed E-state index contributed by atoms with van der Waals surface area (Å²) in [6, 6.07) is 2.50. The van der Waals surface area contributed by atoms with Gasteiger partial charge in [0.15, 0.2) is 5.69 Å². The van der Waals surface area contributed by atoms with Crippen LogP contribution in [0.15, 0.2) is 24.4 Å². The lowest BCUT2D eigenvalue weighted by Gasteiger charge is -2.29. The van der Waals surface area contributed by atoms with Crippen molar-refractivity contribution in [1.82, 2.24) is 15.1 Å². The van der Waals surface area contributed by atoms with Crippen molar-refractivity contribution in [3.05, 3.63) is 51.3 Å². The van der Waals surface area contributed by atoms with Gasteiger partial charge in [0.2, 0.25) is 0 Å². The minimum atomic E-state index is -4.56. The number of hydrogen-bond acceptors (Lipinski definition) is 4. The molecule has 0 saturated heterocycles. The Hall–Kier alpha value is -2.26. The van der Waals surface area contributed by atoms with E-state index in [9.17, 15) is 22.8 Å². The molecule has 1 fully saturated rings. The molecule has 1 amide bonds. The molecule has 1 heterocycles. The number of esters is 1. The van der Waals surface area contributed by atoms with Crippen molar-refractivity contribution in [2.45, 2.75) is 51.4 Å². The summed E-state index contributed by atoms with van der Waals surface area (Å²) < 4.78 is 45.4. The van der Waals surface area contributed by atoms with Gasteiger partial charge in [0.1, 0.15) is 0 Å². The van der Waals surface area contributed by atoms with Gasteiger partial charge in [-0.3, -0.25) is 9.48 Å². The van der Waals surface area contributed by atoms with Crippen LogP contribution < -0.4 is 5.32 Å². The number of nitrogens with one attached hydrogen (secondary N) is 1. The first-order valence-corrected chi connectivity index (χ1v) is 10.9. The highest BCUT2D eigenvalue weighted by molar-refractivity contribution is 6.34. The summed E-state index contributed by atoms with van der Waals surface area (Å²) in [6.45, 7) is 2.40. The van der Waals surface area contributed by atoms with Crippen LogP contribution in [0.25, 0.3) is 0 Å². The molecular formula is C21H22Cl2F3N3O3. The molecule has 11 heteroatoms. The Kier molecular flexibility index (Phi) is 7.71. The molecule has 6 nitrogen and oxygen atoms in total. The quantitative estimate of drug-likeness (QED) is 0.551. The molecule has 1 aromatic heterocycles. The van der Waals surface area contributed by atoms with E-state index in [4.69, 9.17) is 27.9 Å². The summed E-state index contributed by atoms with van der Waals surface area (Å²) in [5.74, 6) is -0.966. The highest BCUT2D eigenvalue weighted by Gasteiger charge is 2.32. The number of ether oxygens (including phenoxy) is 1. The molecule has 0 aliphatic heterocycles. The maximum Gasteiger partial charge on any atom is 0.416 e. The number of alkyl halides is 3. The van der Waals surface area contributed by atoms with Gasteiger partial charge in [-0.1, -0.05) is 23.2 Å². The Balaban J connectivity index is 1.58. The third kappa shape index (κ3) is 5.75. The second-order valence-corrected chi connectivity index (χ2v) is 8.44. The minimum absolute atomic E-state index is 0.0359. The van der Waals surface area contributed by atoms with E-state index < -0.39 is 23.6 Å². The number of hydrogen-bond donors (Lipinski definition) is 1. The molecule has 2 aromatic rings. The van der Waals surface area contributed by atoms with E-state index in [2.05, 4.69) is 10.4 Å². The van der Waals surface area contributed by atoms with Crippen LogP contribution in [0, 0.1) is 5.92 Å². The summed E-state index contributed by atoms with van der Waals surface area (Å²) in [6.07, 6.45) is -0.413. The Bertz CT molecular complexity index is 986. The van der Waals surface area contributed by atoms with Gasteiger partial charge in [0.25, 0.3) is 5.91 Å². The van der Waals surface area contributed by atoms with E-state index in [1.54, 1.807) is 6.92 Å². The van der Waals surface area contributed by atoms with E-state index in [0.717, 1.165) is 31.0 Å². The van der Waals surface area contributed by atoms with E-state index in [-0.39, 0.29) is 39.9 Å². The van der Waals surface area contributed by atoms with E-state index >= 15 is 0 Å². The first kappa shape index (κ1) is 24.4. The minimum Gasteiger partial charge on any atom is -0.461 e. The van der Waals surface area contributed by atoms with E-state index in [1.165, 1.54) is 10.9 Å². The van der Waals surface area contributed by atoms with E-state index in [0.29, 0.717) is 19.4 Å². The number of amides is 1. The largest absolute Gasteiger partial charge is 0.461 e. The molecule has 1 aliphatic carbocycles. The molecule has 1 aromatic carbocycles. The SMILES string of the molecule is CCOC(=O)c1c(Cl)cnn1CC1CCC(NC(=O)c2cc(C(F)(F)F)ccc2Cl)CC1. The zero-order valence-electron chi connectivity index (χ0n) is 17.2. The van der Waals surface area contributed by atoms with Crippen molar-refractivity contribution in [3.63, 3.8) is 0 Å². The molecule has 0 bridgehead atoms. The lowest BCUT2D eigenvalue weighted by Crippen LogP contribution is -2.38. The third-order valence-corrected chi connectivity index (χ3v) is 6.02. The van der Waals surface area contributed by atoms with Crippen molar-refractivity contribution in [1.29, 1.82) is 0 Å². The van der Waals surface area contributed by atoms with Crippen molar-refractivity contribution < 1.29 is 27.5 Å². The van der Waals surface area contributed by atoms with Crippen LogP contribution in [0.3, 0.4) is 0 Å². The predicted octanol–water partition coefficient (Wildman–Crippen LogP) is 5.37. The van der Waals surface area contributed by atoms with Gasteiger partial charge in [-0.2, -0.15) is 18.3 Å². The zero-order valence-corrected chi connectivity index (χ0v) is 18.7. The Morgan fingerprint density at radius 1 is 1.19 bits per heavy atom. The third-order valence-electron chi connectivity index (χ3n) is 5.42. The summed E-state index contributed by atoms with van der Waals surface area (Å²) in [4.78, 5) is 24.6. The summed E-state index contributed by atoms with van der Waals surface area (Å²) in [7, 11) is 0. The highest BCUT2D eigenvalue weighted by atomic mass is 35.5. The van der Waals surface area contributed by atoms with Gasteiger partial charge in [0.05, 0.1) is 34.0 Å².